The minimum absolute atomic E-state index is 0.247. The third-order valence-corrected chi connectivity index (χ3v) is 5.35. The van der Waals surface area contributed by atoms with Gasteiger partial charge in [0.1, 0.15) is 0 Å². The van der Waals surface area contributed by atoms with E-state index in [1.807, 2.05) is 0 Å². The Balaban J connectivity index is 1.92. The van der Waals surface area contributed by atoms with Crippen LogP contribution in [0.3, 0.4) is 0 Å². The van der Waals surface area contributed by atoms with Crippen LogP contribution in [0.25, 0.3) is 0 Å². The third kappa shape index (κ3) is 2.93. The summed E-state index contributed by atoms with van der Waals surface area (Å²) < 4.78 is 6.12. The molecule has 2 N–H and O–H groups in total. The van der Waals surface area contributed by atoms with Gasteiger partial charge in [-0.2, -0.15) is 11.8 Å². The van der Waals surface area contributed by atoms with E-state index >= 15 is 0 Å². The van der Waals surface area contributed by atoms with Crippen LogP contribution in [0.2, 0.25) is 0 Å². The van der Waals surface area contributed by atoms with Crippen LogP contribution in [0, 0.1) is 11.8 Å². The van der Waals surface area contributed by atoms with Crippen molar-refractivity contribution in [3.8, 4) is 0 Å². The molecule has 2 fully saturated rings. The highest BCUT2D eigenvalue weighted by atomic mass is 32.2. The lowest BCUT2D eigenvalue weighted by Crippen LogP contribution is -2.44. The van der Waals surface area contributed by atoms with Gasteiger partial charge in [0, 0.05) is 6.61 Å². The minimum Gasteiger partial charge on any atom is -0.375 e. The molecule has 3 heteroatoms. The minimum atomic E-state index is 0.247. The zero-order valence-electron chi connectivity index (χ0n) is 10.4. The highest BCUT2D eigenvalue weighted by Gasteiger charge is 2.39. The third-order valence-electron chi connectivity index (χ3n) is 4.36. The zero-order valence-corrected chi connectivity index (χ0v) is 11.2. The molecule has 2 heterocycles. The first-order valence-corrected chi connectivity index (χ1v) is 7.83. The maximum atomic E-state index is 6.12. The Morgan fingerprint density at radius 2 is 2.19 bits per heavy atom. The average molecular weight is 243 g/mol. The molecule has 0 aromatic rings. The summed E-state index contributed by atoms with van der Waals surface area (Å²) in [6, 6.07) is 0. The summed E-state index contributed by atoms with van der Waals surface area (Å²) in [6.45, 7) is 4.18. The molecular formula is C13H25NOS. The van der Waals surface area contributed by atoms with E-state index in [1.54, 1.807) is 0 Å². The van der Waals surface area contributed by atoms with Crippen molar-refractivity contribution in [3.63, 3.8) is 0 Å². The topological polar surface area (TPSA) is 35.2 Å². The molecule has 0 radical (unpaired) electrons. The molecule has 2 rings (SSSR count). The van der Waals surface area contributed by atoms with Crippen LogP contribution < -0.4 is 5.73 Å². The van der Waals surface area contributed by atoms with Gasteiger partial charge < -0.3 is 10.5 Å². The van der Waals surface area contributed by atoms with Crippen LogP contribution in [0.1, 0.15) is 39.0 Å². The monoisotopic (exact) mass is 243 g/mol. The van der Waals surface area contributed by atoms with E-state index in [1.165, 1.54) is 43.6 Å². The lowest BCUT2D eigenvalue weighted by molar-refractivity contribution is -0.110. The molecule has 0 amide bonds. The SMILES string of the molecule is CC(CCN)C1CCOC2(CCSCC2)C1. The fourth-order valence-corrected chi connectivity index (χ4v) is 4.38. The number of rotatable bonds is 3. The maximum Gasteiger partial charge on any atom is 0.0701 e. The first kappa shape index (κ1) is 12.7. The summed E-state index contributed by atoms with van der Waals surface area (Å²) in [7, 11) is 0. The van der Waals surface area contributed by atoms with Gasteiger partial charge >= 0.3 is 0 Å². The molecule has 0 saturated carbocycles. The molecule has 2 saturated heterocycles. The molecule has 0 aromatic carbocycles. The lowest BCUT2D eigenvalue weighted by Gasteiger charge is -2.45. The first-order chi connectivity index (χ1) is 7.76. The predicted molar refractivity (Wildman–Crippen MR) is 70.8 cm³/mol. The van der Waals surface area contributed by atoms with Crippen molar-refractivity contribution >= 4 is 11.8 Å². The number of nitrogens with two attached hydrogens (primary N) is 1. The van der Waals surface area contributed by atoms with Crippen LogP contribution in [-0.4, -0.2) is 30.3 Å². The van der Waals surface area contributed by atoms with E-state index in [0.29, 0.717) is 0 Å². The van der Waals surface area contributed by atoms with Crippen molar-refractivity contribution in [2.45, 2.75) is 44.6 Å². The highest BCUT2D eigenvalue weighted by Crippen LogP contribution is 2.42. The van der Waals surface area contributed by atoms with Gasteiger partial charge in [0.05, 0.1) is 5.60 Å². The summed E-state index contributed by atoms with van der Waals surface area (Å²) in [4.78, 5) is 0. The number of thioether (sulfide) groups is 1. The number of hydrogen-bond acceptors (Lipinski definition) is 3. The molecule has 2 aliphatic rings. The van der Waals surface area contributed by atoms with E-state index in [-0.39, 0.29) is 5.60 Å². The van der Waals surface area contributed by atoms with Gasteiger partial charge in [0.15, 0.2) is 0 Å². The standard InChI is InChI=1S/C13H25NOS/c1-11(2-6-14)12-3-7-15-13(10-12)4-8-16-9-5-13/h11-12H,2-10,14H2,1H3. The van der Waals surface area contributed by atoms with Gasteiger partial charge in [-0.3, -0.25) is 0 Å². The molecule has 1 spiro atoms. The average Bonchev–Trinajstić information content (AvgIpc) is 2.30. The van der Waals surface area contributed by atoms with Crippen molar-refractivity contribution < 1.29 is 4.74 Å². The fourth-order valence-electron chi connectivity index (χ4n) is 3.14. The summed E-state index contributed by atoms with van der Waals surface area (Å²) in [5.41, 5.74) is 5.92. The first-order valence-electron chi connectivity index (χ1n) is 6.67. The Kier molecular flexibility index (Phi) is 4.57. The second-order valence-electron chi connectivity index (χ2n) is 5.45. The van der Waals surface area contributed by atoms with Crippen LogP contribution in [0.15, 0.2) is 0 Å². The maximum absolute atomic E-state index is 6.12. The van der Waals surface area contributed by atoms with Gasteiger partial charge in [0.25, 0.3) is 0 Å². The largest absolute Gasteiger partial charge is 0.375 e. The van der Waals surface area contributed by atoms with E-state index < -0.39 is 0 Å². The molecule has 2 atom stereocenters. The smallest absolute Gasteiger partial charge is 0.0701 e. The van der Waals surface area contributed by atoms with Crippen molar-refractivity contribution in [1.82, 2.24) is 0 Å². The van der Waals surface area contributed by atoms with Gasteiger partial charge in [-0.15, -0.1) is 0 Å². The Bertz CT molecular complexity index is 210. The molecule has 2 aliphatic heterocycles. The van der Waals surface area contributed by atoms with E-state index in [0.717, 1.165) is 25.0 Å². The van der Waals surface area contributed by atoms with Gasteiger partial charge in [-0.05, 0) is 62.0 Å². The Morgan fingerprint density at radius 3 is 2.88 bits per heavy atom. The van der Waals surface area contributed by atoms with Crippen LogP contribution in [-0.2, 0) is 4.74 Å². The van der Waals surface area contributed by atoms with Crippen molar-refractivity contribution in [1.29, 1.82) is 0 Å². The molecule has 16 heavy (non-hydrogen) atoms. The fraction of sp³-hybridized carbons (Fsp3) is 1.00. The lowest BCUT2D eigenvalue weighted by atomic mass is 9.76. The van der Waals surface area contributed by atoms with Gasteiger partial charge in [0.2, 0.25) is 0 Å². The van der Waals surface area contributed by atoms with E-state index in [2.05, 4.69) is 18.7 Å². The Labute approximate surface area is 104 Å². The second-order valence-corrected chi connectivity index (χ2v) is 6.68. The highest BCUT2D eigenvalue weighted by molar-refractivity contribution is 7.99. The summed E-state index contributed by atoms with van der Waals surface area (Å²) in [5.74, 6) is 4.21. The number of ether oxygens (including phenoxy) is 1. The molecule has 2 unspecified atom stereocenters. The zero-order chi connectivity index (χ0) is 11.4. The van der Waals surface area contributed by atoms with Crippen LogP contribution in [0.5, 0.6) is 0 Å². The van der Waals surface area contributed by atoms with Crippen molar-refractivity contribution in [3.05, 3.63) is 0 Å². The van der Waals surface area contributed by atoms with E-state index in [9.17, 15) is 0 Å². The molecule has 94 valence electrons. The van der Waals surface area contributed by atoms with Gasteiger partial charge in [-0.25, -0.2) is 0 Å². The molecule has 0 bridgehead atoms. The van der Waals surface area contributed by atoms with Crippen LogP contribution >= 0.6 is 11.8 Å². The molecular weight excluding hydrogens is 218 g/mol. The molecule has 0 aliphatic carbocycles. The van der Waals surface area contributed by atoms with Crippen molar-refractivity contribution in [2.24, 2.45) is 17.6 Å². The summed E-state index contributed by atoms with van der Waals surface area (Å²) in [6.07, 6.45) is 6.24. The van der Waals surface area contributed by atoms with Crippen molar-refractivity contribution in [2.75, 3.05) is 24.7 Å². The Hall–Kier alpha value is 0.270. The summed E-state index contributed by atoms with van der Waals surface area (Å²) in [5, 5.41) is 0. The predicted octanol–water partition coefficient (Wildman–Crippen LogP) is 2.66. The number of hydrogen-bond donors (Lipinski definition) is 1. The van der Waals surface area contributed by atoms with Crippen LogP contribution in [0.4, 0.5) is 0 Å². The second kappa shape index (κ2) is 5.74. The quantitative estimate of drug-likeness (QED) is 0.827. The normalized spacial score (nSPS) is 31.5. The Morgan fingerprint density at radius 1 is 1.44 bits per heavy atom. The molecule has 0 aromatic heterocycles. The summed E-state index contributed by atoms with van der Waals surface area (Å²) >= 11 is 2.08. The van der Waals surface area contributed by atoms with Gasteiger partial charge in [-0.1, -0.05) is 6.92 Å². The van der Waals surface area contributed by atoms with E-state index in [4.69, 9.17) is 10.5 Å². The molecule has 2 nitrogen and oxygen atoms in total.